The zero-order chi connectivity index (χ0) is 10.2. The average molecular weight is 185 g/mol. The van der Waals surface area contributed by atoms with Gasteiger partial charge in [0.15, 0.2) is 0 Å². The maximum absolute atomic E-state index is 10.9. The van der Waals surface area contributed by atoms with Gasteiger partial charge in [0.25, 0.3) is 0 Å². The van der Waals surface area contributed by atoms with E-state index < -0.39 is 0 Å². The van der Waals surface area contributed by atoms with Gasteiger partial charge in [-0.2, -0.15) is 0 Å². The second kappa shape index (κ2) is 3.29. The van der Waals surface area contributed by atoms with Crippen LogP contribution in [0, 0.1) is 11.3 Å². The Morgan fingerprint density at radius 1 is 1.46 bits per heavy atom. The first-order valence-electron chi connectivity index (χ1n) is 4.71. The van der Waals surface area contributed by atoms with Crippen LogP contribution in [0.3, 0.4) is 0 Å². The lowest BCUT2D eigenvalue weighted by Crippen LogP contribution is -2.67. The monoisotopic (exact) mass is 185 g/mol. The number of ether oxygens (including phenoxy) is 1. The van der Waals surface area contributed by atoms with Crippen LogP contribution < -0.4 is 5.32 Å². The fourth-order valence-corrected chi connectivity index (χ4v) is 2.64. The van der Waals surface area contributed by atoms with Crippen molar-refractivity contribution in [2.75, 3.05) is 7.11 Å². The van der Waals surface area contributed by atoms with Crippen molar-refractivity contribution in [1.82, 2.24) is 5.32 Å². The minimum absolute atomic E-state index is 0.0412. The molecule has 0 saturated heterocycles. The highest BCUT2D eigenvalue weighted by molar-refractivity contribution is 5.73. The molecule has 3 heteroatoms. The number of rotatable bonds is 2. The third-order valence-corrected chi connectivity index (χ3v) is 3.15. The van der Waals surface area contributed by atoms with Crippen LogP contribution in [0.25, 0.3) is 0 Å². The van der Waals surface area contributed by atoms with E-state index in [-0.39, 0.29) is 23.5 Å². The van der Waals surface area contributed by atoms with Crippen molar-refractivity contribution in [2.45, 2.75) is 39.8 Å². The van der Waals surface area contributed by atoms with E-state index in [0.717, 1.165) is 0 Å². The third-order valence-electron chi connectivity index (χ3n) is 3.15. The Labute approximate surface area is 79.8 Å². The van der Waals surface area contributed by atoms with Gasteiger partial charge in [-0.05, 0) is 0 Å². The highest BCUT2D eigenvalue weighted by Gasteiger charge is 2.54. The van der Waals surface area contributed by atoms with Gasteiger partial charge in [0.1, 0.15) is 0 Å². The third kappa shape index (κ3) is 1.57. The second-order valence-electron chi connectivity index (χ2n) is 4.51. The van der Waals surface area contributed by atoms with Crippen LogP contribution in [0.2, 0.25) is 0 Å². The molecule has 0 aliphatic heterocycles. The molecule has 0 radical (unpaired) electrons. The van der Waals surface area contributed by atoms with Crippen molar-refractivity contribution < 1.29 is 9.53 Å². The molecular formula is C10H19NO2. The van der Waals surface area contributed by atoms with E-state index in [1.54, 1.807) is 14.0 Å². The molecule has 1 fully saturated rings. The maximum Gasteiger partial charge on any atom is 0.217 e. The highest BCUT2D eigenvalue weighted by Crippen LogP contribution is 2.46. The minimum Gasteiger partial charge on any atom is -0.380 e. The van der Waals surface area contributed by atoms with Gasteiger partial charge in [0, 0.05) is 31.4 Å². The van der Waals surface area contributed by atoms with Crippen molar-refractivity contribution in [3.8, 4) is 0 Å². The van der Waals surface area contributed by atoms with E-state index in [1.165, 1.54) is 0 Å². The summed E-state index contributed by atoms with van der Waals surface area (Å²) in [5, 5.41) is 2.96. The first-order chi connectivity index (χ1) is 5.91. The van der Waals surface area contributed by atoms with E-state index in [0.29, 0.717) is 5.92 Å². The topological polar surface area (TPSA) is 38.3 Å². The summed E-state index contributed by atoms with van der Waals surface area (Å²) in [5.41, 5.74) is 0.0554. The van der Waals surface area contributed by atoms with Crippen LogP contribution in [0.5, 0.6) is 0 Å². The molecule has 0 aromatic heterocycles. The molecule has 1 saturated carbocycles. The molecule has 0 heterocycles. The Bertz CT molecular complexity index is 213. The van der Waals surface area contributed by atoms with Gasteiger partial charge < -0.3 is 10.1 Å². The van der Waals surface area contributed by atoms with Crippen LogP contribution in [0.15, 0.2) is 0 Å². The number of carbonyl (C=O) groups is 1. The zero-order valence-corrected chi connectivity index (χ0v) is 9.05. The predicted octanol–water partition coefficient (Wildman–Crippen LogP) is 1.18. The van der Waals surface area contributed by atoms with E-state index in [9.17, 15) is 4.79 Å². The van der Waals surface area contributed by atoms with Crippen molar-refractivity contribution in [2.24, 2.45) is 11.3 Å². The Hall–Kier alpha value is -0.570. The number of hydrogen-bond acceptors (Lipinski definition) is 2. The van der Waals surface area contributed by atoms with Gasteiger partial charge >= 0.3 is 0 Å². The van der Waals surface area contributed by atoms with Crippen LogP contribution in [-0.4, -0.2) is 25.2 Å². The SMILES string of the molecule is COC1C(C)C(NC(C)=O)C1(C)C. The lowest BCUT2D eigenvalue weighted by molar-refractivity contribution is -0.153. The summed E-state index contributed by atoms with van der Waals surface area (Å²) in [4.78, 5) is 10.9. The van der Waals surface area contributed by atoms with Gasteiger partial charge in [-0.15, -0.1) is 0 Å². The highest BCUT2D eigenvalue weighted by atomic mass is 16.5. The Morgan fingerprint density at radius 2 is 2.00 bits per heavy atom. The molecule has 1 N–H and O–H groups in total. The smallest absolute Gasteiger partial charge is 0.217 e. The number of amides is 1. The zero-order valence-electron chi connectivity index (χ0n) is 9.05. The molecule has 3 unspecified atom stereocenters. The van der Waals surface area contributed by atoms with Crippen molar-refractivity contribution in [1.29, 1.82) is 0 Å². The first-order valence-corrected chi connectivity index (χ1v) is 4.71. The minimum atomic E-state index is 0.0412. The summed E-state index contributed by atoms with van der Waals surface area (Å²) in [7, 11) is 1.73. The van der Waals surface area contributed by atoms with Gasteiger partial charge in [-0.25, -0.2) is 0 Å². The molecule has 1 amide bonds. The molecule has 0 aromatic carbocycles. The summed E-state index contributed by atoms with van der Waals surface area (Å²) in [6.45, 7) is 7.92. The predicted molar refractivity (Wildman–Crippen MR) is 51.3 cm³/mol. The van der Waals surface area contributed by atoms with Gasteiger partial charge in [-0.1, -0.05) is 20.8 Å². The summed E-state index contributed by atoms with van der Waals surface area (Å²) >= 11 is 0. The fraction of sp³-hybridized carbons (Fsp3) is 0.900. The molecule has 13 heavy (non-hydrogen) atoms. The molecule has 0 spiro atoms. The van der Waals surface area contributed by atoms with Gasteiger partial charge in [0.05, 0.1) is 6.10 Å². The van der Waals surface area contributed by atoms with E-state index >= 15 is 0 Å². The van der Waals surface area contributed by atoms with Gasteiger partial charge in [-0.3, -0.25) is 4.79 Å². The maximum atomic E-state index is 10.9. The summed E-state index contributed by atoms with van der Waals surface area (Å²) in [6.07, 6.45) is 0.254. The van der Waals surface area contributed by atoms with Crippen LogP contribution in [0.1, 0.15) is 27.7 Å². The summed E-state index contributed by atoms with van der Waals surface area (Å²) < 4.78 is 5.37. The van der Waals surface area contributed by atoms with Crippen molar-refractivity contribution in [3.05, 3.63) is 0 Å². The molecule has 0 aromatic rings. The molecule has 3 nitrogen and oxygen atoms in total. The largest absolute Gasteiger partial charge is 0.380 e. The quantitative estimate of drug-likeness (QED) is 0.701. The van der Waals surface area contributed by atoms with Gasteiger partial charge in [0.2, 0.25) is 5.91 Å². The van der Waals surface area contributed by atoms with Crippen molar-refractivity contribution in [3.63, 3.8) is 0 Å². The molecule has 1 aliphatic carbocycles. The molecule has 3 atom stereocenters. The summed E-state index contributed by atoms with van der Waals surface area (Å²) in [5.74, 6) is 0.448. The number of methoxy groups -OCH3 is 1. The molecule has 76 valence electrons. The van der Waals surface area contributed by atoms with E-state index in [2.05, 4.69) is 26.1 Å². The van der Waals surface area contributed by atoms with Crippen LogP contribution in [-0.2, 0) is 9.53 Å². The van der Waals surface area contributed by atoms with Crippen molar-refractivity contribution >= 4 is 5.91 Å². The van der Waals surface area contributed by atoms with Crippen LogP contribution in [0.4, 0.5) is 0 Å². The van der Waals surface area contributed by atoms with Crippen LogP contribution >= 0.6 is 0 Å². The second-order valence-corrected chi connectivity index (χ2v) is 4.51. The van der Waals surface area contributed by atoms with E-state index in [1.807, 2.05) is 0 Å². The normalized spacial score (nSPS) is 36.5. The fourth-order valence-electron chi connectivity index (χ4n) is 2.64. The Kier molecular flexibility index (Phi) is 2.66. The number of carbonyl (C=O) groups excluding carboxylic acids is 1. The number of hydrogen-bond donors (Lipinski definition) is 1. The lowest BCUT2D eigenvalue weighted by Gasteiger charge is -2.56. The molecular weight excluding hydrogens is 166 g/mol. The first kappa shape index (κ1) is 10.5. The average Bonchev–Trinajstić information content (AvgIpc) is 2.00. The standard InChI is InChI=1S/C10H19NO2/c1-6-8(11-7(2)12)10(3,4)9(6)13-5/h6,8-9H,1-5H3,(H,11,12). The molecule has 0 bridgehead atoms. The number of nitrogens with one attached hydrogen (secondary N) is 1. The Balaban J connectivity index is 2.64. The lowest BCUT2D eigenvalue weighted by atomic mass is 9.58. The Morgan fingerprint density at radius 3 is 2.31 bits per heavy atom. The molecule has 1 rings (SSSR count). The summed E-state index contributed by atoms with van der Waals surface area (Å²) in [6, 6.07) is 0.245. The van der Waals surface area contributed by atoms with E-state index in [4.69, 9.17) is 4.74 Å². The molecule has 1 aliphatic rings.